The first kappa shape index (κ1) is 8.16. The Balaban J connectivity index is 2.55. The van der Waals surface area contributed by atoms with Gasteiger partial charge in [0, 0.05) is 6.42 Å². The molecule has 1 heterocycles. The Morgan fingerprint density at radius 2 is 2.45 bits per heavy atom. The summed E-state index contributed by atoms with van der Waals surface area (Å²) in [6, 6.07) is 0. The zero-order chi connectivity index (χ0) is 8.27. The zero-order valence-electron chi connectivity index (χ0n) is 5.86. The number of hydrogen-bond donors (Lipinski definition) is 2. The van der Waals surface area contributed by atoms with Crippen molar-refractivity contribution in [2.45, 2.75) is 12.5 Å². The van der Waals surface area contributed by atoms with Crippen LogP contribution in [0.25, 0.3) is 0 Å². The minimum absolute atomic E-state index is 0.0133. The van der Waals surface area contributed by atoms with Crippen LogP contribution in [0.3, 0.4) is 0 Å². The Morgan fingerprint density at radius 3 is 2.91 bits per heavy atom. The van der Waals surface area contributed by atoms with Crippen molar-refractivity contribution in [2.24, 2.45) is 5.16 Å². The molecule has 2 N–H and O–H groups in total. The number of ether oxygens (including phenoxy) is 1. The third kappa shape index (κ3) is 1.75. The number of ketones is 1. The first-order chi connectivity index (χ1) is 5.27. The van der Waals surface area contributed by atoms with Crippen molar-refractivity contribution in [3.63, 3.8) is 0 Å². The summed E-state index contributed by atoms with van der Waals surface area (Å²) >= 11 is 0. The number of carbonyl (C=O) groups excluding carboxylic acids is 1. The van der Waals surface area contributed by atoms with Crippen molar-refractivity contribution in [1.82, 2.24) is 0 Å². The van der Waals surface area contributed by atoms with E-state index in [1.807, 2.05) is 0 Å². The van der Waals surface area contributed by atoms with Crippen LogP contribution in [0.1, 0.15) is 6.42 Å². The lowest BCUT2D eigenvalue weighted by Crippen LogP contribution is -2.36. The van der Waals surface area contributed by atoms with Crippen LogP contribution < -0.4 is 0 Å². The number of nitrogens with zero attached hydrogens (tertiary/aromatic N) is 1. The minimum Gasteiger partial charge on any atom is -0.410 e. The maximum Gasteiger partial charge on any atom is 0.185 e. The van der Waals surface area contributed by atoms with Gasteiger partial charge in [-0.15, -0.1) is 0 Å². The van der Waals surface area contributed by atoms with E-state index in [1.165, 1.54) is 0 Å². The van der Waals surface area contributed by atoms with Crippen molar-refractivity contribution in [3.8, 4) is 0 Å². The molecule has 0 radical (unpaired) electrons. The van der Waals surface area contributed by atoms with Gasteiger partial charge in [-0.25, -0.2) is 0 Å². The molecule has 1 fully saturated rings. The SMILES string of the molecule is O=C1C[C@@H](CO)OC/C1=N/O. The molecule has 0 bridgehead atoms. The van der Waals surface area contributed by atoms with Crippen molar-refractivity contribution in [3.05, 3.63) is 0 Å². The van der Waals surface area contributed by atoms with Gasteiger partial charge in [0.15, 0.2) is 5.78 Å². The van der Waals surface area contributed by atoms with Crippen LogP contribution in [0.15, 0.2) is 5.16 Å². The molecule has 0 saturated carbocycles. The van der Waals surface area contributed by atoms with E-state index < -0.39 is 6.10 Å². The van der Waals surface area contributed by atoms with Gasteiger partial charge in [-0.3, -0.25) is 4.79 Å². The third-order valence-corrected chi connectivity index (χ3v) is 1.52. The summed E-state index contributed by atoms with van der Waals surface area (Å²) in [4.78, 5) is 10.9. The molecule has 5 heteroatoms. The van der Waals surface area contributed by atoms with Gasteiger partial charge in [-0.05, 0) is 0 Å². The van der Waals surface area contributed by atoms with Crippen LogP contribution in [-0.4, -0.2) is 41.1 Å². The van der Waals surface area contributed by atoms with E-state index in [0.717, 1.165) is 0 Å². The predicted molar refractivity (Wildman–Crippen MR) is 35.7 cm³/mol. The molecule has 1 rings (SSSR count). The molecule has 0 amide bonds. The fraction of sp³-hybridized carbons (Fsp3) is 0.667. The first-order valence-electron chi connectivity index (χ1n) is 3.24. The molecule has 0 aliphatic carbocycles. The molecule has 0 spiro atoms. The summed E-state index contributed by atoms with van der Waals surface area (Å²) in [5.41, 5.74) is 0.0229. The largest absolute Gasteiger partial charge is 0.410 e. The quantitative estimate of drug-likeness (QED) is 0.386. The molecule has 1 saturated heterocycles. The third-order valence-electron chi connectivity index (χ3n) is 1.52. The van der Waals surface area contributed by atoms with Crippen molar-refractivity contribution in [2.75, 3.05) is 13.2 Å². The van der Waals surface area contributed by atoms with E-state index in [2.05, 4.69) is 5.16 Å². The fourth-order valence-electron chi connectivity index (χ4n) is 0.863. The summed E-state index contributed by atoms with van der Waals surface area (Å²) < 4.78 is 4.94. The monoisotopic (exact) mass is 159 g/mol. The molecular weight excluding hydrogens is 150 g/mol. The smallest absolute Gasteiger partial charge is 0.185 e. The van der Waals surface area contributed by atoms with Gasteiger partial charge in [0.2, 0.25) is 0 Å². The van der Waals surface area contributed by atoms with Crippen molar-refractivity contribution in [1.29, 1.82) is 0 Å². The maximum absolute atomic E-state index is 10.9. The Morgan fingerprint density at radius 1 is 1.73 bits per heavy atom. The lowest BCUT2D eigenvalue weighted by atomic mass is 10.1. The van der Waals surface area contributed by atoms with Gasteiger partial charge < -0.3 is 15.1 Å². The average molecular weight is 159 g/mol. The Kier molecular flexibility index (Phi) is 2.56. The summed E-state index contributed by atoms with van der Waals surface area (Å²) in [6.07, 6.45) is -0.344. The Bertz CT molecular complexity index is 189. The van der Waals surface area contributed by atoms with Crippen LogP contribution in [0, 0.1) is 0 Å². The number of hydrogen-bond acceptors (Lipinski definition) is 5. The highest BCUT2D eigenvalue weighted by molar-refractivity contribution is 6.40. The molecule has 0 aromatic rings. The number of aliphatic hydroxyl groups is 1. The lowest BCUT2D eigenvalue weighted by Gasteiger charge is -2.19. The average Bonchev–Trinajstić information content (AvgIpc) is 2.04. The summed E-state index contributed by atoms with van der Waals surface area (Å²) in [5, 5.41) is 19.6. The van der Waals surface area contributed by atoms with Gasteiger partial charge in [-0.2, -0.15) is 0 Å². The Hall–Kier alpha value is -0.940. The van der Waals surface area contributed by atoms with E-state index >= 15 is 0 Å². The number of carbonyl (C=O) groups is 1. The van der Waals surface area contributed by atoms with Gasteiger partial charge in [0.25, 0.3) is 0 Å². The molecule has 0 aromatic heterocycles. The summed E-state index contributed by atoms with van der Waals surface area (Å²) in [6.45, 7) is -0.189. The molecule has 1 aliphatic heterocycles. The molecule has 62 valence electrons. The van der Waals surface area contributed by atoms with Crippen LogP contribution in [-0.2, 0) is 9.53 Å². The minimum atomic E-state index is -0.437. The van der Waals surface area contributed by atoms with E-state index in [-0.39, 0.29) is 31.1 Å². The molecule has 11 heavy (non-hydrogen) atoms. The van der Waals surface area contributed by atoms with E-state index in [4.69, 9.17) is 15.1 Å². The van der Waals surface area contributed by atoms with E-state index in [1.54, 1.807) is 0 Å². The molecule has 0 unspecified atom stereocenters. The second-order valence-corrected chi connectivity index (χ2v) is 2.29. The zero-order valence-corrected chi connectivity index (χ0v) is 5.86. The standard InChI is InChI=1S/C6H9NO4/c8-2-4-1-6(9)5(7-10)3-11-4/h4,8,10H,1-3H2/b7-5-/t4-/m0/s1. The number of aliphatic hydroxyl groups excluding tert-OH is 1. The molecule has 0 aromatic carbocycles. The number of rotatable bonds is 1. The lowest BCUT2D eigenvalue weighted by molar-refractivity contribution is -0.119. The van der Waals surface area contributed by atoms with Crippen molar-refractivity contribution < 1.29 is 19.8 Å². The topological polar surface area (TPSA) is 79.1 Å². The second kappa shape index (κ2) is 3.45. The van der Waals surface area contributed by atoms with Gasteiger partial charge >= 0.3 is 0 Å². The highest BCUT2D eigenvalue weighted by Crippen LogP contribution is 2.06. The highest BCUT2D eigenvalue weighted by Gasteiger charge is 2.25. The molecular formula is C6H9NO4. The normalized spacial score (nSPS) is 29.4. The van der Waals surface area contributed by atoms with Crippen LogP contribution in [0.5, 0.6) is 0 Å². The summed E-state index contributed by atoms with van der Waals surface area (Å²) in [5.74, 6) is -0.266. The van der Waals surface area contributed by atoms with Crippen molar-refractivity contribution >= 4 is 11.5 Å². The number of Topliss-reactive ketones (excluding diaryl/α,β-unsaturated/α-hetero) is 1. The first-order valence-corrected chi connectivity index (χ1v) is 3.24. The van der Waals surface area contributed by atoms with Gasteiger partial charge in [0.1, 0.15) is 5.71 Å². The van der Waals surface area contributed by atoms with E-state index in [9.17, 15) is 4.79 Å². The number of oxime groups is 1. The van der Waals surface area contributed by atoms with Crippen LogP contribution in [0.4, 0.5) is 0 Å². The molecule has 1 atom stereocenters. The van der Waals surface area contributed by atoms with Gasteiger partial charge in [-0.1, -0.05) is 5.16 Å². The van der Waals surface area contributed by atoms with Gasteiger partial charge in [0.05, 0.1) is 19.3 Å². The van der Waals surface area contributed by atoms with E-state index in [0.29, 0.717) is 0 Å². The second-order valence-electron chi connectivity index (χ2n) is 2.29. The maximum atomic E-state index is 10.9. The highest BCUT2D eigenvalue weighted by atomic mass is 16.5. The summed E-state index contributed by atoms with van der Waals surface area (Å²) in [7, 11) is 0. The molecule has 1 aliphatic rings. The fourth-order valence-corrected chi connectivity index (χ4v) is 0.863. The predicted octanol–water partition coefficient (Wildman–Crippen LogP) is -0.833. The van der Waals surface area contributed by atoms with Crippen LogP contribution in [0.2, 0.25) is 0 Å². The van der Waals surface area contributed by atoms with Crippen LogP contribution >= 0.6 is 0 Å². The Labute approximate surface area is 63.3 Å². The molecule has 5 nitrogen and oxygen atoms in total.